The molecule has 0 fully saturated rings. The quantitative estimate of drug-likeness (QED) is 0.484. The van der Waals surface area contributed by atoms with Gasteiger partial charge in [-0.1, -0.05) is 71.6 Å². The van der Waals surface area contributed by atoms with Crippen LogP contribution in [-0.4, -0.2) is 17.8 Å². The van der Waals surface area contributed by atoms with Gasteiger partial charge >= 0.3 is 0 Å². The van der Waals surface area contributed by atoms with E-state index >= 15 is 0 Å². The van der Waals surface area contributed by atoms with Crippen LogP contribution in [0.2, 0.25) is 0 Å². The number of rotatable bonds is 13. The molecule has 2 atom stereocenters. The third-order valence-electron chi connectivity index (χ3n) is 3.97. The summed E-state index contributed by atoms with van der Waals surface area (Å²) in [7, 11) is 0. The maximum absolute atomic E-state index is 9.93. The van der Waals surface area contributed by atoms with Gasteiger partial charge in [0.15, 0.2) is 0 Å². The van der Waals surface area contributed by atoms with Gasteiger partial charge in [0.1, 0.15) is 0 Å². The van der Waals surface area contributed by atoms with E-state index in [1.54, 1.807) is 0 Å². The first-order valence-electron chi connectivity index (χ1n) is 8.14. The van der Waals surface area contributed by atoms with Crippen LogP contribution in [-0.2, 0) is 0 Å². The SMILES string of the molecule is CCCCCCCCCCCC(O)C(CC)CN. The van der Waals surface area contributed by atoms with Crippen molar-refractivity contribution >= 4 is 0 Å². The molecule has 0 bridgehead atoms. The molecule has 0 aliphatic rings. The minimum atomic E-state index is -0.176. The zero-order valence-corrected chi connectivity index (χ0v) is 12.7. The van der Waals surface area contributed by atoms with Crippen molar-refractivity contribution in [3.05, 3.63) is 0 Å². The lowest BCUT2D eigenvalue weighted by Gasteiger charge is -2.19. The van der Waals surface area contributed by atoms with Crippen molar-refractivity contribution in [1.29, 1.82) is 0 Å². The molecule has 110 valence electrons. The van der Waals surface area contributed by atoms with Crippen molar-refractivity contribution in [3.8, 4) is 0 Å². The fourth-order valence-corrected chi connectivity index (χ4v) is 2.50. The first-order valence-corrected chi connectivity index (χ1v) is 8.14. The average molecular weight is 257 g/mol. The van der Waals surface area contributed by atoms with Crippen molar-refractivity contribution in [2.75, 3.05) is 6.54 Å². The van der Waals surface area contributed by atoms with E-state index in [4.69, 9.17) is 5.73 Å². The molecule has 0 aliphatic heterocycles. The van der Waals surface area contributed by atoms with Gasteiger partial charge in [0.2, 0.25) is 0 Å². The lowest BCUT2D eigenvalue weighted by atomic mass is 9.95. The normalized spacial score (nSPS) is 14.7. The van der Waals surface area contributed by atoms with Crippen molar-refractivity contribution in [1.82, 2.24) is 0 Å². The molecule has 0 spiro atoms. The molecule has 2 heteroatoms. The smallest absolute Gasteiger partial charge is 0.0580 e. The van der Waals surface area contributed by atoms with Crippen molar-refractivity contribution in [3.63, 3.8) is 0 Å². The van der Waals surface area contributed by atoms with Gasteiger partial charge in [-0.2, -0.15) is 0 Å². The molecular formula is C16H35NO. The summed E-state index contributed by atoms with van der Waals surface area (Å²) in [5.74, 6) is 0.305. The summed E-state index contributed by atoms with van der Waals surface area (Å²) >= 11 is 0. The van der Waals surface area contributed by atoms with Crippen molar-refractivity contribution < 1.29 is 5.11 Å². The van der Waals surface area contributed by atoms with E-state index in [1.807, 2.05) is 0 Å². The Bertz CT molecular complexity index is 157. The first kappa shape index (κ1) is 17.9. The molecule has 2 nitrogen and oxygen atoms in total. The molecule has 0 aromatic carbocycles. The van der Waals surface area contributed by atoms with E-state index < -0.39 is 0 Å². The van der Waals surface area contributed by atoms with Crippen molar-refractivity contribution in [2.45, 2.75) is 90.6 Å². The molecule has 0 aliphatic carbocycles. The zero-order valence-electron chi connectivity index (χ0n) is 12.7. The van der Waals surface area contributed by atoms with Gasteiger partial charge in [0, 0.05) is 0 Å². The summed E-state index contributed by atoms with van der Waals surface area (Å²) in [6.45, 7) is 4.99. The standard InChI is InChI=1S/C16H35NO/c1-3-5-6-7-8-9-10-11-12-13-16(18)15(4-2)14-17/h15-16,18H,3-14,17H2,1-2H3. The minimum Gasteiger partial charge on any atom is -0.393 e. The second-order valence-electron chi connectivity index (χ2n) is 5.59. The lowest BCUT2D eigenvalue weighted by molar-refractivity contribution is 0.0975. The number of unbranched alkanes of at least 4 members (excludes halogenated alkanes) is 8. The van der Waals surface area contributed by atoms with Crippen LogP contribution in [0.1, 0.15) is 84.5 Å². The Morgan fingerprint density at radius 3 is 1.78 bits per heavy atom. The molecule has 0 saturated carbocycles. The van der Waals surface area contributed by atoms with Gasteiger partial charge in [0.25, 0.3) is 0 Å². The van der Waals surface area contributed by atoms with E-state index in [9.17, 15) is 5.11 Å². The van der Waals surface area contributed by atoms with Crippen LogP contribution in [0.15, 0.2) is 0 Å². The van der Waals surface area contributed by atoms with Gasteiger partial charge in [0.05, 0.1) is 6.10 Å². The van der Waals surface area contributed by atoms with Crippen LogP contribution >= 0.6 is 0 Å². The van der Waals surface area contributed by atoms with E-state index in [0.29, 0.717) is 12.5 Å². The predicted molar refractivity (Wildman–Crippen MR) is 80.7 cm³/mol. The fraction of sp³-hybridized carbons (Fsp3) is 1.00. The van der Waals surface area contributed by atoms with E-state index in [2.05, 4.69) is 13.8 Å². The molecule has 0 aromatic rings. The summed E-state index contributed by atoms with van der Waals surface area (Å²) in [4.78, 5) is 0. The number of aliphatic hydroxyl groups excluding tert-OH is 1. The highest BCUT2D eigenvalue weighted by Crippen LogP contribution is 2.15. The Labute approximate surface area is 114 Å². The maximum Gasteiger partial charge on any atom is 0.0580 e. The minimum absolute atomic E-state index is 0.176. The number of nitrogens with two attached hydrogens (primary N) is 1. The van der Waals surface area contributed by atoms with E-state index in [-0.39, 0.29) is 6.10 Å². The number of hydrogen-bond donors (Lipinski definition) is 2. The van der Waals surface area contributed by atoms with Gasteiger partial charge in [-0.3, -0.25) is 0 Å². The second kappa shape index (κ2) is 13.4. The molecule has 0 aromatic heterocycles. The summed E-state index contributed by atoms with van der Waals surface area (Å²) in [6, 6.07) is 0. The molecular weight excluding hydrogens is 222 g/mol. The zero-order chi connectivity index (χ0) is 13.6. The Balaban J connectivity index is 3.24. The van der Waals surface area contributed by atoms with Gasteiger partial charge in [-0.15, -0.1) is 0 Å². The maximum atomic E-state index is 9.93. The highest BCUT2D eigenvalue weighted by Gasteiger charge is 2.14. The number of aliphatic hydroxyl groups is 1. The second-order valence-corrected chi connectivity index (χ2v) is 5.59. The molecule has 0 radical (unpaired) electrons. The Morgan fingerprint density at radius 2 is 1.33 bits per heavy atom. The molecule has 0 rings (SSSR count). The van der Waals surface area contributed by atoms with Crippen LogP contribution in [0.5, 0.6) is 0 Å². The summed E-state index contributed by atoms with van der Waals surface area (Å²) in [5.41, 5.74) is 5.63. The number of hydrogen-bond acceptors (Lipinski definition) is 2. The molecule has 0 saturated heterocycles. The fourth-order valence-electron chi connectivity index (χ4n) is 2.50. The monoisotopic (exact) mass is 257 g/mol. The van der Waals surface area contributed by atoms with Crippen LogP contribution in [0.25, 0.3) is 0 Å². The van der Waals surface area contributed by atoms with Crippen LogP contribution in [0.3, 0.4) is 0 Å². The summed E-state index contributed by atoms with van der Waals surface area (Å²) < 4.78 is 0. The van der Waals surface area contributed by atoms with Crippen molar-refractivity contribution in [2.24, 2.45) is 11.7 Å². The Hall–Kier alpha value is -0.0800. The average Bonchev–Trinajstić information content (AvgIpc) is 2.38. The summed E-state index contributed by atoms with van der Waals surface area (Å²) in [5, 5.41) is 9.93. The van der Waals surface area contributed by atoms with Gasteiger partial charge in [-0.05, 0) is 25.3 Å². The molecule has 18 heavy (non-hydrogen) atoms. The van der Waals surface area contributed by atoms with E-state index in [0.717, 1.165) is 19.3 Å². The highest BCUT2D eigenvalue weighted by molar-refractivity contribution is 4.68. The van der Waals surface area contributed by atoms with E-state index in [1.165, 1.54) is 51.4 Å². The highest BCUT2D eigenvalue weighted by atomic mass is 16.3. The lowest BCUT2D eigenvalue weighted by Crippen LogP contribution is -2.27. The van der Waals surface area contributed by atoms with Gasteiger partial charge in [-0.25, -0.2) is 0 Å². The van der Waals surface area contributed by atoms with Gasteiger partial charge < -0.3 is 10.8 Å². The molecule has 0 heterocycles. The van der Waals surface area contributed by atoms with Crippen LogP contribution in [0.4, 0.5) is 0 Å². The first-order chi connectivity index (χ1) is 8.76. The Morgan fingerprint density at radius 1 is 0.833 bits per heavy atom. The molecule has 3 N–H and O–H groups in total. The topological polar surface area (TPSA) is 46.2 Å². The van der Waals surface area contributed by atoms with Crippen LogP contribution < -0.4 is 5.73 Å². The Kier molecular flexibility index (Phi) is 13.3. The third kappa shape index (κ3) is 9.90. The molecule has 2 unspecified atom stereocenters. The molecule has 0 amide bonds. The largest absolute Gasteiger partial charge is 0.393 e. The predicted octanol–water partition coefficient (Wildman–Crippen LogP) is 4.25. The third-order valence-corrected chi connectivity index (χ3v) is 3.97. The summed E-state index contributed by atoms with van der Waals surface area (Å²) in [6.07, 6.45) is 13.8. The van der Waals surface area contributed by atoms with Crippen LogP contribution in [0, 0.1) is 5.92 Å².